The number of hydrogen-bond acceptors (Lipinski definition) is 3. The largest absolute Gasteiger partial charge is 0.496 e. The molecule has 1 amide bonds. The monoisotopic (exact) mass is 367 g/mol. The van der Waals surface area contributed by atoms with Crippen LogP contribution in [0.3, 0.4) is 0 Å². The fraction of sp³-hybridized carbons (Fsp3) is 0.435. The van der Waals surface area contributed by atoms with E-state index in [4.69, 9.17) is 9.47 Å². The molecular weight excluding hydrogens is 338 g/mol. The van der Waals surface area contributed by atoms with Gasteiger partial charge in [0.25, 0.3) is 5.91 Å². The van der Waals surface area contributed by atoms with E-state index in [-0.39, 0.29) is 18.6 Å². The van der Waals surface area contributed by atoms with Crippen molar-refractivity contribution < 1.29 is 14.3 Å². The molecule has 27 heavy (non-hydrogen) atoms. The van der Waals surface area contributed by atoms with Gasteiger partial charge in [0.1, 0.15) is 11.5 Å². The molecule has 1 atom stereocenters. The molecule has 2 aromatic carbocycles. The highest BCUT2D eigenvalue weighted by atomic mass is 16.5. The van der Waals surface area contributed by atoms with E-state index in [0.717, 1.165) is 41.9 Å². The van der Waals surface area contributed by atoms with Crippen LogP contribution in [-0.4, -0.2) is 19.6 Å². The van der Waals surface area contributed by atoms with E-state index < -0.39 is 0 Å². The molecule has 0 unspecified atom stereocenters. The first-order chi connectivity index (χ1) is 13.1. The highest BCUT2D eigenvalue weighted by Gasteiger charge is 2.15. The van der Waals surface area contributed by atoms with E-state index in [1.54, 1.807) is 7.11 Å². The van der Waals surface area contributed by atoms with E-state index in [0.29, 0.717) is 0 Å². The summed E-state index contributed by atoms with van der Waals surface area (Å²) in [6.45, 7) is 4.11. The zero-order valence-electron chi connectivity index (χ0n) is 16.5. The predicted molar refractivity (Wildman–Crippen MR) is 107 cm³/mol. The van der Waals surface area contributed by atoms with Crippen molar-refractivity contribution in [3.63, 3.8) is 0 Å². The first-order valence-corrected chi connectivity index (χ1v) is 9.79. The molecule has 1 N–H and O–H groups in total. The summed E-state index contributed by atoms with van der Waals surface area (Å²) >= 11 is 0. The third kappa shape index (κ3) is 4.82. The summed E-state index contributed by atoms with van der Waals surface area (Å²) in [5.41, 5.74) is 4.92. The van der Waals surface area contributed by atoms with Gasteiger partial charge in [-0.3, -0.25) is 4.79 Å². The topological polar surface area (TPSA) is 47.6 Å². The molecule has 0 aromatic heterocycles. The molecule has 0 saturated carbocycles. The van der Waals surface area contributed by atoms with Crippen molar-refractivity contribution in [1.82, 2.24) is 5.32 Å². The number of ether oxygens (including phenoxy) is 2. The zero-order chi connectivity index (χ0) is 19.2. The molecule has 0 aliphatic heterocycles. The van der Waals surface area contributed by atoms with Gasteiger partial charge in [0.15, 0.2) is 6.61 Å². The third-order valence-electron chi connectivity index (χ3n) is 5.25. The molecule has 3 rings (SSSR count). The van der Waals surface area contributed by atoms with Crippen molar-refractivity contribution in [3.8, 4) is 11.5 Å². The Bertz CT molecular complexity index is 800. The number of hydrogen-bond donors (Lipinski definition) is 1. The van der Waals surface area contributed by atoms with E-state index in [2.05, 4.69) is 30.4 Å². The first-order valence-electron chi connectivity index (χ1n) is 9.79. The number of aryl methyl sites for hydroxylation is 3. The summed E-state index contributed by atoms with van der Waals surface area (Å²) in [7, 11) is 1.67. The molecule has 2 aromatic rings. The van der Waals surface area contributed by atoms with Crippen LogP contribution in [0, 0.1) is 6.92 Å². The molecule has 4 heteroatoms. The zero-order valence-corrected chi connectivity index (χ0v) is 16.5. The lowest BCUT2D eigenvalue weighted by Crippen LogP contribution is -2.32. The molecule has 4 nitrogen and oxygen atoms in total. The number of carbonyl (C=O) groups excluding carboxylic acids is 1. The molecule has 0 spiro atoms. The predicted octanol–water partition coefficient (Wildman–Crippen LogP) is 4.53. The first kappa shape index (κ1) is 19.3. The Kier molecular flexibility index (Phi) is 6.38. The van der Waals surface area contributed by atoms with Crippen LogP contribution in [-0.2, 0) is 17.6 Å². The van der Waals surface area contributed by atoms with Crippen molar-refractivity contribution in [1.29, 1.82) is 0 Å². The van der Waals surface area contributed by atoms with Crippen LogP contribution in [0.5, 0.6) is 11.5 Å². The van der Waals surface area contributed by atoms with Crippen molar-refractivity contribution in [3.05, 3.63) is 58.7 Å². The maximum atomic E-state index is 12.4. The third-order valence-corrected chi connectivity index (χ3v) is 5.25. The molecule has 0 saturated heterocycles. The second-order valence-electron chi connectivity index (χ2n) is 7.18. The van der Waals surface area contributed by atoms with Crippen LogP contribution >= 0.6 is 0 Å². The summed E-state index contributed by atoms with van der Waals surface area (Å²) in [5, 5.41) is 3.08. The average Bonchev–Trinajstić information content (AvgIpc) is 2.70. The molecule has 0 heterocycles. The summed E-state index contributed by atoms with van der Waals surface area (Å²) in [6, 6.07) is 12.2. The number of carbonyl (C=O) groups is 1. The maximum absolute atomic E-state index is 12.4. The Labute approximate surface area is 161 Å². The minimum atomic E-state index is -0.104. The number of amides is 1. The standard InChI is InChI=1S/C23H29NO3/c1-4-21(19-10-12-22(26-3)16(2)13-19)24-23(25)15-27-20-11-9-17-7-5-6-8-18(17)14-20/h9-14,21H,4-8,15H2,1-3H3,(H,24,25)/t21-/m0/s1. The van der Waals surface area contributed by atoms with Crippen molar-refractivity contribution >= 4 is 5.91 Å². The highest BCUT2D eigenvalue weighted by Crippen LogP contribution is 2.26. The molecular formula is C23H29NO3. The fourth-order valence-corrected chi connectivity index (χ4v) is 3.72. The summed E-state index contributed by atoms with van der Waals surface area (Å²) in [5.74, 6) is 1.53. The van der Waals surface area contributed by atoms with Crippen molar-refractivity contribution in [2.75, 3.05) is 13.7 Å². The Hall–Kier alpha value is -2.49. The van der Waals surface area contributed by atoms with Gasteiger partial charge < -0.3 is 14.8 Å². The van der Waals surface area contributed by atoms with Crippen molar-refractivity contribution in [2.24, 2.45) is 0 Å². The van der Waals surface area contributed by atoms with Gasteiger partial charge in [-0.05, 0) is 79.5 Å². The Morgan fingerprint density at radius 1 is 1.11 bits per heavy atom. The number of fused-ring (bicyclic) bond motifs is 1. The van der Waals surface area contributed by atoms with Crippen LogP contribution in [0.1, 0.15) is 54.5 Å². The van der Waals surface area contributed by atoms with E-state index in [1.807, 2.05) is 25.1 Å². The minimum Gasteiger partial charge on any atom is -0.496 e. The van der Waals surface area contributed by atoms with Gasteiger partial charge in [0.05, 0.1) is 13.2 Å². The van der Waals surface area contributed by atoms with Gasteiger partial charge >= 0.3 is 0 Å². The van der Waals surface area contributed by atoms with Gasteiger partial charge in [-0.25, -0.2) is 0 Å². The highest BCUT2D eigenvalue weighted by molar-refractivity contribution is 5.78. The maximum Gasteiger partial charge on any atom is 0.258 e. The van der Waals surface area contributed by atoms with Crippen molar-refractivity contribution in [2.45, 2.75) is 52.0 Å². The second-order valence-corrected chi connectivity index (χ2v) is 7.18. The quantitative estimate of drug-likeness (QED) is 0.782. The van der Waals surface area contributed by atoms with E-state index >= 15 is 0 Å². The number of rotatable bonds is 7. The van der Waals surface area contributed by atoms with Crippen LogP contribution in [0.25, 0.3) is 0 Å². The van der Waals surface area contributed by atoms with E-state index in [1.165, 1.54) is 24.0 Å². The van der Waals surface area contributed by atoms with Crippen LogP contribution in [0.2, 0.25) is 0 Å². The van der Waals surface area contributed by atoms with E-state index in [9.17, 15) is 4.79 Å². The van der Waals surface area contributed by atoms with Gasteiger partial charge in [0, 0.05) is 0 Å². The summed E-state index contributed by atoms with van der Waals surface area (Å²) in [4.78, 5) is 12.4. The lowest BCUT2D eigenvalue weighted by atomic mass is 9.92. The normalized spacial score (nSPS) is 14.2. The summed E-state index contributed by atoms with van der Waals surface area (Å²) < 4.78 is 11.1. The molecule has 144 valence electrons. The number of methoxy groups -OCH3 is 1. The van der Waals surface area contributed by atoms with Crippen LogP contribution in [0.4, 0.5) is 0 Å². The molecule has 1 aliphatic carbocycles. The Balaban J connectivity index is 1.58. The van der Waals surface area contributed by atoms with Crippen LogP contribution in [0.15, 0.2) is 36.4 Å². The van der Waals surface area contributed by atoms with Crippen LogP contribution < -0.4 is 14.8 Å². The number of nitrogens with one attached hydrogen (secondary N) is 1. The van der Waals surface area contributed by atoms with Gasteiger partial charge in [-0.15, -0.1) is 0 Å². The van der Waals surface area contributed by atoms with Gasteiger partial charge in [-0.2, -0.15) is 0 Å². The van der Waals surface area contributed by atoms with Gasteiger partial charge in [0.2, 0.25) is 0 Å². The molecule has 0 bridgehead atoms. The SMILES string of the molecule is CC[C@H](NC(=O)COc1ccc2c(c1)CCCC2)c1ccc(OC)c(C)c1. The molecule has 0 radical (unpaired) electrons. The average molecular weight is 367 g/mol. The fourth-order valence-electron chi connectivity index (χ4n) is 3.72. The Morgan fingerprint density at radius 2 is 1.89 bits per heavy atom. The van der Waals surface area contributed by atoms with Gasteiger partial charge in [-0.1, -0.05) is 25.1 Å². The number of benzene rings is 2. The lowest BCUT2D eigenvalue weighted by molar-refractivity contribution is -0.123. The second kappa shape index (κ2) is 8.94. The summed E-state index contributed by atoms with van der Waals surface area (Å²) in [6.07, 6.45) is 5.56. The molecule has 1 aliphatic rings. The minimum absolute atomic E-state index is 0.0322. The molecule has 0 fully saturated rings. The smallest absolute Gasteiger partial charge is 0.258 e. The Morgan fingerprint density at radius 3 is 2.59 bits per heavy atom. The lowest BCUT2D eigenvalue weighted by Gasteiger charge is -2.19.